The van der Waals surface area contributed by atoms with E-state index in [1.807, 2.05) is 38.1 Å². The lowest BCUT2D eigenvalue weighted by molar-refractivity contribution is 0.0742. The number of nitrogens with zero attached hydrogens (tertiary/aromatic N) is 1. The number of carbonyl (C=O) groups excluding carboxylic acids is 1. The minimum absolute atomic E-state index is 0.112. The molecule has 0 unspecified atom stereocenters. The van der Waals surface area contributed by atoms with Gasteiger partial charge in [-0.1, -0.05) is 25.1 Å². The van der Waals surface area contributed by atoms with Gasteiger partial charge in [-0.3, -0.25) is 9.59 Å². The number of benzene rings is 2. The zero-order valence-corrected chi connectivity index (χ0v) is 15.9. The van der Waals surface area contributed by atoms with Gasteiger partial charge in [0.1, 0.15) is 5.75 Å². The van der Waals surface area contributed by atoms with E-state index >= 15 is 0 Å². The Bertz CT molecular complexity index is 1020. The molecule has 3 rings (SSSR count). The summed E-state index contributed by atoms with van der Waals surface area (Å²) >= 11 is 0. The van der Waals surface area contributed by atoms with Gasteiger partial charge in [0.25, 0.3) is 11.5 Å². The predicted octanol–water partition coefficient (Wildman–Crippen LogP) is 3.90. The van der Waals surface area contributed by atoms with E-state index in [9.17, 15) is 9.59 Å². The first-order chi connectivity index (χ1) is 13.0. The molecular weight excluding hydrogens is 340 g/mol. The highest BCUT2D eigenvalue weighted by Gasteiger charge is 2.18. The van der Waals surface area contributed by atoms with Gasteiger partial charge >= 0.3 is 0 Å². The molecule has 3 aromatic rings. The van der Waals surface area contributed by atoms with Crippen LogP contribution in [0.5, 0.6) is 5.75 Å². The van der Waals surface area contributed by atoms with Crippen LogP contribution in [-0.2, 0) is 6.54 Å². The van der Waals surface area contributed by atoms with Gasteiger partial charge in [0.2, 0.25) is 0 Å². The molecule has 140 valence electrons. The third-order valence-electron chi connectivity index (χ3n) is 4.54. The number of nitrogens with one attached hydrogen (secondary N) is 1. The van der Waals surface area contributed by atoms with Crippen molar-refractivity contribution in [2.45, 2.75) is 26.8 Å². The molecule has 1 heterocycles. The first-order valence-corrected chi connectivity index (χ1v) is 9.07. The van der Waals surface area contributed by atoms with Crippen molar-refractivity contribution in [2.75, 3.05) is 13.7 Å². The molecule has 0 aliphatic carbocycles. The quantitative estimate of drug-likeness (QED) is 0.722. The van der Waals surface area contributed by atoms with Crippen molar-refractivity contribution in [2.24, 2.45) is 0 Å². The minimum atomic E-state index is -0.160. The highest BCUT2D eigenvalue weighted by atomic mass is 16.5. The zero-order chi connectivity index (χ0) is 19.4. The highest BCUT2D eigenvalue weighted by molar-refractivity contribution is 5.94. The smallest absolute Gasteiger partial charge is 0.254 e. The first kappa shape index (κ1) is 18.7. The van der Waals surface area contributed by atoms with E-state index in [4.69, 9.17) is 4.74 Å². The summed E-state index contributed by atoms with van der Waals surface area (Å²) in [4.78, 5) is 30.2. The van der Waals surface area contributed by atoms with Crippen molar-refractivity contribution >= 4 is 16.8 Å². The maximum Gasteiger partial charge on any atom is 0.254 e. The fraction of sp³-hybridized carbons (Fsp3) is 0.273. The van der Waals surface area contributed by atoms with Gasteiger partial charge < -0.3 is 14.6 Å². The number of methoxy groups -OCH3 is 1. The average Bonchev–Trinajstić information content (AvgIpc) is 2.67. The topological polar surface area (TPSA) is 62.4 Å². The van der Waals surface area contributed by atoms with Gasteiger partial charge in [0.05, 0.1) is 13.7 Å². The number of ether oxygens (including phenoxy) is 1. The molecule has 0 saturated carbocycles. The number of fused-ring (bicyclic) bond motifs is 1. The van der Waals surface area contributed by atoms with Gasteiger partial charge in [-0.05, 0) is 54.6 Å². The second-order valence-corrected chi connectivity index (χ2v) is 6.67. The van der Waals surface area contributed by atoms with Crippen LogP contribution in [0, 0.1) is 6.92 Å². The number of rotatable bonds is 6. The number of aromatic nitrogens is 1. The van der Waals surface area contributed by atoms with Crippen LogP contribution in [0.25, 0.3) is 10.9 Å². The zero-order valence-electron chi connectivity index (χ0n) is 15.9. The van der Waals surface area contributed by atoms with Crippen LogP contribution in [-0.4, -0.2) is 29.4 Å². The lowest BCUT2D eigenvalue weighted by Gasteiger charge is -2.22. The van der Waals surface area contributed by atoms with Gasteiger partial charge in [0.15, 0.2) is 0 Å². The fourth-order valence-electron chi connectivity index (χ4n) is 3.14. The first-order valence-electron chi connectivity index (χ1n) is 9.07. The number of H-pyrrole nitrogens is 1. The van der Waals surface area contributed by atoms with Crippen molar-refractivity contribution in [3.05, 3.63) is 75.6 Å². The molecule has 0 aliphatic rings. The molecule has 0 atom stereocenters. The summed E-state index contributed by atoms with van der Waals surface area (Å²) in [5.41, 5.74) is 2.87. The largest absolute Gasteiger partial charge is 0.497 e. The van der Waals surface area contributed by atoms with Crippen LogP contribution in [0.4, 0.5) is 0 Å². The Hall–Kier alpha value is -3.08. The van der Waals surface area contributed by atoms with Crippen molar-refractivity contribution in [3.63, 3.8) is 0 Å². The SMILES string of the molecule is CCCN(Cc1cc2ccc(C)cc2[nH]c1=O)C(=O)c1cccc(OC)c1. The Labute approximate surface area is 158 Å². The van der Waals surface area contributed by atoms with E-state index in [1.165, 1.54) is 0 Å². The lowest BCUT2D eigenvalue weighted by Crippen LogP contribution is -2.33. The van der Waals surface area contributed by atoms with Crippen LogP contribution in [0.3, 0.4) is 0 Å². The molecule has 0 bridgehead atoms. The van der Waals surface area contributed by atoms with E-state index < -0.39 is 0 Å². The Morgan fingerprint density at radius 2 is 1.96 bits per heavy atom. The van der Waals surface area contributed by atoms with E-state index in [0.29, 0.717) is 23.4 Å². The molecule has 5 heteroatoms. The number of amides is 1. The molecular formula is C22H24N2O3. The normalized spacial score (nSPS) is 10.8. The third kappa shape index (κ3) is 4.19. The molecule has 5 nitrogen and oxygen atoms in total. The lowest BCUT2D eigenvalue weighted by atomic mass is 10.1. The van der Waals surface area contributed by atoms with Gasteiger partial charge in [-0.2, -0.15) is 0 Å². The molecule has 0 radical (unpaired) electrons. The molecule has 27 heavy (non-hydrogen) atoms. The molecule has 1 N–H and O–H groups in total. The molecule has 0 spiro atoms. The second-order valence-electron chi connectivity index (χ2n) is 6.67. The Balaban J connectivity index is 1.93. The number of carbonyl (C=O) groups is 1. The van der Waals surface area contributed by atoms with Crippen LogP contribution in [0.2, 0.25) is 0 Å². The minimum Gasteiger partial charge on any atom is -0.497 e. The summed E-state index contributed by atoms with van der Waals surface area (Å²) in [6.45, 7) is 4.84. The Morgan fingerprint density at radius 1 is 1.15 bits per heavy atom. The summed E-state index contributed by atoms with van der Waals surface area (Å²) < 4.78 is 5.21. The number of aryl methyl sites for hydroxylation is 1. The van der Waals surface area contributed by atoms with Crippen molar-refractivity contribution in [1.82, 2.24) is 9.88 Å². The van der Waals surface area contributed by atoms with Crippen LogP contribution in [0.1, 0.15) is 34.8 Å². The van der Waals surface area contributed by atoms with Crippen molar-refractivity contribution in [1.29, 1.82) is 0 Å². The van der Waals surface area contributed by atoms with Crippen molar-refractivity contribution in [3.8, 4) is 5.75 Å². The fourth-order valence-corrected chi connectivity index (χ4v) is 3.14. The molecule has 1 aromatic heterocycles. The van der Waals surface area contributed by atoms with Crippen molar-refractivity contribution < 1.29 is 9.53 Å². The van der Waals surface area contributed by atoms with Crippen LogP contribution < -0.4 is 10.3 Å². The predicted molar refractivity (Wildman–Crippen MR) is 107 cm³/mol. The number of hydrogen-bond acceptors (Lipinski definition) is 3. The molecule has 0 saturated heterocycles. The molecule has 0 fully saturated rings. The van der Waals surface area contributed by atoms with E-state index in [2.05, 4.69) is 4.98 Å². The Kier molecular flexibility index (Phi) is 5.60. The summed E-state index contributed by atoms with van der Waals surface area (Å²) in [5, 5.41) is 0.959. The summed E-state index contributed by atoms with van der Waals surface area (Å²) in [7, 11) is 1.57. The van der Waals surface area contributed by atoms with Gasteiger partial charge in [0, 0.05) is 23.2 Å². The number of hydrogen-bond donors (Lipinski definition) is 1. The van der Waals surface area contributed by atoms with Crippen LogP contribution >= 0.6 is 0 Å². The third-order valence-corrected chi connectivity index (χ3v) is 4.54. The van der Waals surface area contributed by atoms with E-state index in [-0.39, 0.29) is 18.0 Å². The monoisotopic (exact) mass is 364 g/mol. The summed E-state index contributed by atoms with van der Waals surface area (Å²) in [6.07, 6.45) is 0.806. The van der Waals surface area contributed by atoms with E-state index in [1.54, 1.807) is 36.3 Å². The maximum absolute atomic E-state index is 13.0. The van der Waals surface area contributed by atoms with E-state index in [0.717, 1.165) is 22.9 Å². The van der Waals surface area contributed by atoms with Gasteiger partial charge in [-0.15, -0.1) is 0 Å². The molecule has 0 aliphatic heterocycles. The highest BCUT2D eigenvalue weighted by Crippen LogP contribution is 2.17. The molecule has 1 amide bonds. The molecule has 2 aromatic carbocycles. The Morgan fingerprint density at radius 3 is 2.70 bits per heavy atom. The second kappa shape index (κ2) is 8.08. The average molecular weight is 364 g/mol. The summed E-state index contributed by atoms with van der Waals surface area (Å²) in [5.74, 6) is 0.523. The number of aromatic amines is 1. The van der Waals surface area contributed by atoms with Crippen LogP contribution in [0.15, 0.2) is 53.3 Å². The number of pyridine rings is 1. The standard InChI is InChI=1S/C22H24N2O3/c1-4-10-24(22(26)17-6-5-7-19(13-17)27-3)14-18-12-16-9-8-15(2)11-20(16)23-21(18)25/h5-9,11-13H,4,10,14H2,1-3H3,(H,23,25). The summed E-state index contributed by atoms with van der Waals surface area (Å²) in [6, 6.07) is 14.9. The maximum atomic E-state index is 13.0. The van der Waals surface area contributed by atoms with Gasteiger partial charge in [-0.25, -0.2) is 0 Å².